The number of nitrogens with two attached hydrogens (primary N) is 2. The Morgan fingerprint density at radius 3 is 1.68 bits per heavy atom. The van der Waals surface area contributed by atoms with Crippen LogP contribution in [0.15, 0.2) is 97.1 Å². The first-order valence-corrected chi connectivity index (χ1v) is 9.39. The predicted molar refractivity (Wildman–Crippen MR) is 121 cm³/mol. The Labute approximate surface area is 164 Å². The summed E-state index contributed by atoms with van der Waals surface area (Å²) in [5.41, 5.74) is 19.0. The lowest BCUT2D eigenvalue weighted by atomic mass is 9.87. The highest BCUT2D eigenvalue weighted by molar-refractivity contribution is 6.24. The maximum atomic E-state index is 6.64. The first-order chi connectivity index (χ1) is 13.8. The molecule has 4 N–H and O–H groups in total. The van der Waals surface area contributed by atoms with Gasteiger partial charge in [-0.2, -0.15) is 0 Å². The van der Waals surface area contributed by atoms with E-state index in [0.717, 1.165) is 43.8 Å². The van der Waals surface area contributed by atoms with E-state index in [9.17, 15) is 0 Å². The molecule has 0 aliphatic carbocycles. The van der Waals surface area contributed by atoms with E-state index >= 15 is 0 Å². The standard InChI is InChI=1S/C26H20N2/c27-25-22-14-8-7-13-20(22)21-16-15-19(17-9-3-1-4-10-17)23(24(21)26(25)28)18-11-5-2-6-12-18/h1-16H,27-28H2. The van der Waals surface area contributed by atoms with Crippen LogP contribution in [0.2, 0.25) is 0 Å². The molecule has 0 radical (unpaired) electrons. The Kier molecular flexibility index (Phi) is 3.77. The number of fused-ring (bicyclic) bond motifs is 3. The van der Waals surface area contributed by atoms with Crippen molar-refractivity contribution in [3.8, 4) is 22.3 Å². The van der Waals surface area contributed by atoms with E-state index in [-0.39, 0.29) is 0 Å². The van der Waals surface area contributed by atoms with Crippen molar-refractivity contribution in [2.24, 2.45) is 0 Å². The van der Waals surface area contributed by atoms with Crippen LogP contribution in [0.3, 0.4) is 0 Å². The van der Waals surface area contributed by atoms with Crippen LogP contribution in [0, 0.1) is 0 Å². The molecule has 134 valence electrons. The Balaban J connectivity index is 2.01. The number of nitrogen functional groups attached to an aromatic ring is 2. The SMILES string of the molecule is Nc1c(N)c2c(-c3ccccc3)c(-c3ccccc3)ccc2c2ccccc12. The molecular weight excluding hydrogens is 340 g/mol. The van der Waals surface area contributed by atoms with Crippen molar-refractivity contribution in [3.05, 3.63) is 97.1 Å². The first-order valence-electron chi connectivity index (χ1n) is 9.39. The second kappa shape index (κ2) is 6.43. The number of benzene rings is 5. The highest BCUT2D eigenvalue weighted by Gasteiger charge is 2.18. The largest absolute Gasteiger partial charge is 0.397 e. The zero-order valence-corrected chi connectivity index (χ0v) is 15.4. The van der Waals surface area contributed by atoms with Gasteiger partial charge in [-0.05, 0) is 33.0 Å². The molecule has 0 heterocycles. The molecule has 0 amide bonds. The molecule has 0 aromatic heterocycles. The van der Waals surface area contributed by atoms with Gasteiger partial charge in [-0.3, -0.25) is 0 Å². The van der Waals surface area contributed by atoms with Crippen LogP contribution >= 0.6 is 0 Å². The van der Waals surface area contributed by atoms with Gasteiger partial charge in [-0.15, -0.1) is 0 Å². The van der Waals surface area contributed by atoms with Crippen LogP contribution in [0.25, 0.3) is 43.8 Å². The molecule has 5 aromatic carbocycles. The molecule has 0 unspecified atom stereocenters. The molecular formula is C26H20N2. The van der Waals surface area contributed by atoms with Crippen molar-refractivity contribution in [3.63, 3.8) is 0 Å². The minimum Gasteiger partial charge on any atom is -0.397 e. The second-order valence-electron chi connectivity index (χ2n) is 7.02. The van der Waals surface area contributed by atoms with Crippen LogP contribution in [-0.2, 0) is 0 Å². The monoisotopic (exact) mass is 360 g/mol. The molecule has 0 atom stereocenters. The Morgan fingerprint density at radius 2 is 1.00 bits per heavy atom. The summed E-state index contributed by atoms with van der Waals surface area (Å²) in [6, 6.07) is 33.4. The van der Waals surface area contributed by atoms with E-state index in [1.54, 1.807) is 0 Å². The number of hydrogen-bond donors (Lipinski definition) is 2. The maximum absolute atomic E-state index is 6.64. The quantitative estimate of drug-likeness (QED) is 0.215. The fourth-order valence-corrected chi connectivity index (χ4v) is 4.10. The lowest BCUT2D eigenvalue weighted by molar-refractivity contribution is 1.61. The molecule has 2 nitrogen and oxygen atoms in total. The van der Waals surface area contributed by atoms with Crippen molar-refractivity contribution in [2.75, 3.05) is 11.5 Å². The molecule has 2 heteroatoms. The average Bonchev–Trinajstić information content (AvgIpc) is 2.77. The molecule has 0 saturated heterocycles. The predicted octanol–water partition coefficient (Wildman–Crippen LogP) is 6.49. The molecule has 5 aromatic rings. The normalized spacial score (nSPS) is 11.1. The van der Waals surface area contributed by atoms with Crippen LogP contribution in [0.1, 0.15) is 0 Å². The van der Waals surface area contributed by atoms with Gasteiger partial charge in [-0.1, -0.05) is 97.1 Å². The number of rotatable bonds is 2. The molecule has 0 aliphatic heterocycles. The fraction of sp³-hybridized carbons (Fsp3) is 0. The summed E-state index contributed by atoms with van der Waals surface area (Å²) in [7, 11) is 0. The highest BCUT2D eigenvalue weighted by atomic mass is 14.7. The van der Waals surface area contributed by atoms with Crippen LogP contribution < -0.4 is 11.5 Å². The van der Waals surface area contributed by atoms with E-state index in [1.807, 2.05) is 30.3 Å². The lowest BCUT2D eigenvalue weighted by Crippen LogP contribution is -2.00. The number of anilines is 2. The Morgan fingerprint density at radius 1 is 0.429 bits per heavy atom. The summed E-state index contributed by atoms with van der Waals surface area (Å²) in [6.07, 6.45) is 0. The van der Waals surface area contributed by atoms with Gasteiger partial charge in [0.2, 0.25) is 0 Å². The maximum Gasteiger partial charge on any atom is 0.0640 e. The third-order valence-electron chi connectivity index (χ3n) is 5.42. The lowest BCUT2D eigenvalue weighted by Gasteiger charge is -2.19. The average molecular weight is 360 g/mol. The van der Waals surface area contributed by atoms with Crippen LogP contribution in [-0.4, -0.2) is 0 Å². The van der Waals surface area contributed by atoms with Gasteiger partial charge in [0.05, 0.1) is 11.4 Å². The fourth-order valence-electron chi connectivity index (χ4n) is 4.10. The Hall–Kier alpha value is -3.78. The molecule has 0 bridgehead atoms. The van der Waals surface area contributed by atoms with E-state index in [0.29, 0.717) is 11.4 Å². The minimum absolute atomic E-state index is 0.644. The zero-order chi connectivity index (χ0) is 19.1. The van der Waals surface area contributed by atoms with Gasteiger partial charge < -0.3 is 11.5 Å². The van der Waals surface area contributed by atoms with Gasteiger partial charge in [0.25, 0.3) is 0 Å². The summed E-state index contributed by atoms with van der Waals surface area (Å²) in [4.78, 5) is 0. The molecule has 5 rings (SSSR count). The smallest absolute Gasteiger partial charge is 0.0640 e. The Bertz CT molecular complexity index is 1310. The van der Waals surface area contributed by atoms with E-state index in [1.165, 1.54) is 0 Å². The van der Waals surface area contributed by atoms with Gasteiger partial charge in [0.1, 0.15) is 0 Å². The molecule has 0 fully saturated rings. The van der Waals surface area contributed by atoms with Gasteiger partial charge in [-0.25, -0.2) is 0 Å². The van der Waals surface area contributed by atoms with E-state index < -0.39 is 0 Å². The molecule has 28 heavy (non-hydrogen) atoms. The molecule has 0 spiro atoms. The summed E-state index contributed by atoms with van der Waals surface area (Å²) in [5.74, 6) is 0. The number of hydrogen-bond acceptors (Lipinski definition) is 2. The molecule has 0 saturated carbocycles. The van der Waals surface area contributed by atoms with E-state index in [4.69, 9.17) is 11.5 Å². The third kappa shape index (κ3) is 2.43. The van der Waals surface area contributed by atoms with E-state index in [2.05, 4.69) is 66.7 Å². The van der Waals surface area contributed by atoms with Crippen molar-refractivity contribution in [1.29, 1.82) is 0 Å². The van der Waals surface area contributed by atoms with Crippen LogP contribution in [0.5, 0.6) is 0 Å². The summed E-state index contributed by atoms with van der Waals surface area (Å²) >= 11 is 0. The van der Waals surface area contributed by atoms with Crippen molar-refractivity contribution >= 4 is 32.9 Å². The third-order valence-corrected chi connectivity index (χ3v) is 5.42. The van der Waals surface area contributed by atoms with Crippen LogP contribution in [0.4, 0.5) is 11.4 Å². The van der Waals surface area contributed by atoms with Crippen molar-refractivity contribution < 1.29 is 0 Å². The van der Waals surface area contributed by atoms with Crippen molar-refractivity contribution in [2.45, 2.75) is 0 Å². The van der Waals surface area contributed by atoms with Gasteiger partial charge >= 0.3 is 0 Å². The summed E-state index contributed by atoms with van der Waals surface area (Å²) in [5, 5.41) is 4.27. The molecule has 0 aliphatic rings. The van der Waals surface area contributed by atoms with Gasteiger partial charge in [0.15, 0.2) is 0 Å². The minimum atomic E-state index is 0.644. The highest BCUT2D eigenvalue weighted by Crippen LogP contribution is 2.45. The second-order valence-corrected chi connectivity index (χ2v) is 7.02. The van der Waals surface area contributed by atoms with Gasteiger partial charge in [0, 0.05) is 10.8 Å². The van der Waals surface area contributed by atoms with Crippen molar-refractivity contribution in [1.82, 2.24) is 0 Å². The summed E-state index contributed by atoms with van der Waals surface area (Å²) in [6.45, 7) is 0. The zero-order valence-electron chi connectivity index (χ0n) is 15.4. The summed E-state index contributed by atoms with van der Waals surface area (Å²) < 4.78 is 0. The first kappa shape index (κ1) is 16.4. The topological polar surface area (TPSA) is 52.0 Å².